The van der Waals surface area contributed by atoms with Gasteiger partial charge in [0.25, 0.3) is 0 Å². The van der Waals surface area contributed by atoms with Gasteiger partial charge >= 0.3 is 0 Å². The Morgan fingerprint density at radius 2 is 2.20 bits per heavy atom. The van der Waals surface area contributed by atoms with Gasteiger partial charge < -0.3 is 25.2 Å². The molecule has 0 saturated heterocycles. The van der Waals surface area contributed by atoms with Crippen LogP contribution in [0.5, 0.6) is 0 Å². The van der Waals surface area contributed by atoms with Crippen LogP contribution in [0.15, 0.2) is 0 Å². The van der Waals surface area contributed by atoms with E-state index in [1.165, 1.54) is 6.92 Å². The van der Waals surface area contributed by atoms with Crippen LogP contribution in [0.2, 0.25) is 0 Å². The maximum atomic E-state index is 10.4. The molecule has 0 aromatic heterocycles. The maximum Gasteiger partial charge on any atom is 0.237 e. The molecule has 0 saturated carbocycles. The number of nitrogens with one attached hydrogen (secondary N) is 2. The number of ether oxygens (including phenoxy) is 2. The van der Waals surface area contributed by atoms with Crippen molar-refractivity contribution in [3.63, 3.8) is 0 Å². The predicted molar refractivity (Wildman–Crippen MR) is 50.7 cm³/mol. The van der Waals surface area contributed by atoms with Gasteiger partial charge in [-0.25, -0.2) is 0 Å². The van der Waals surface area contributed by atoms with Crippen molar-refractivity contribution in [3.8, 4) is 0 Å². The van der Waals surface area contributed by atoms with Crippen LogP contribution in [0.4, 0.5) is 0 Å². The third kappa shape index (κ3) is 10.7. The molecule has 0 bridgehead atoms. The number of amides is 2. The summed E-state index contributed by atoms with van der Waals surface area (Å²) in [6.45, 7) is 2.50. The molecule has 0 aromatic rings. The highest BCUT2D eigenvalue weighted by Crippen LogP contribution is 1.83. The first-order chi connectivity index (χ1) is 7.16. The van der Waals surface area contributed by atoms with Crippen LogP contribution >= 0.6 is 0 Å². The van der Waals surface area contributed by atoms with Gasteiger partial charge in [0, 0.05) is 13.5 Å². The van der Waals surface area contributed by atoms with E-state index >= 15 is 0 Å². The van der Waals surface area contributed by atoms with Crippen molar-refractivity contribution in [2.75, 3.05) is 26.4 Å². The standard InChI is InChI=1S/C8H16N2O5/c1-7(12)10-8(13)15-5-4-14-3-2-9-6-11/h6,8,13H,2-5H2,1H3,(H,9,11)(H,10,12). The van der Waals surface area contributed by atoms with E-state index in [-0.39, 0.29) is 19.1 Å². The van der Waals surface area contributed by atoms with Crippen LogP contribution in [0.1, 0.15) is 6.92 Å². The Morgan fingerprint density at radius 3 is 2.80 bits per heavy atom. The summed E-state index contributed by atoms with van der Waals surface area (Å²) in [6.07, 6.45) is -0.723. The average molecular weight is 220 g/mol. The Hall–Kier alpha value is -1.18. The second-order valence-electron chi connectivity index (χ2n) is 2.61. The fourth-order valence-corrected chi connectivity index (χ4v) is 0.726. The number of carbonyl (C=O) groups is 2. The number of rotatable bonds is 9. The minimum Gasteiger partial charge on any atom is -0.377 e. The SMILES string of the molecule is CC(=O)NC(O)OCCOCCNC=O. The summed E-state index contributed by atoms with van der Waals surface area (Å²) >= 11 is 0. The van der Waals surface area contributed by atoms with Gasteiger partial charge in [0.05, 0.1) is 19.8 Å². The third-order valence-corrected chi connectivity index (χ3v) is 1.30. The van der Waals surface area contributed by atoms with Crippen molar-refractivity contribution in [1.29, 1.82) is 0 Å². The molecule has 0 aliphatic carbocycles. The topological polar surface area (TPSA) is 96.9 Å². The van der Waals surface area contributed by atoms with E-state index in [1.54, 1.807) is 0 Å². The molecule has 7 heteroatoms. The van der Waals surface area contributed by atoms with Crippen LogP contribution < -0.4 is 10.6 Å². The van der Waals surface area contributed by atoms with Crippen molar-refractivity contribution in [2.24, 2.45) is 0 Å². The molecule has 0 aliphatic rings. The van der Waals surface area contributed by atoms with Crippen LogP contribution in [-0.2, 0) is 19.1 Å². The van der Waals surface area contributed by atoms with Gasteiger partial charge in [-0.15, -0.1) is 0 Å². The first-order valence-corrected chi connectivity index (χ1v) is 4.48. The number of hydrogen-bond acceptors (Lipinski definition) is 5. The predicted octanol–water partition coefficient (Wildman–Crippen LogP) is -1.82. The molecule has 0 spiro atoms. The van der Waals surface area contributed by atoms with Crippen molar-refractivity contribution in [2.45, 2.75) is 13.3 Å². The minimum absolute atomic E-state index is 0.155. The third-order valence-electron chi connectivity index (χ3n) is 1.30. The summed E-state index contributed by atoms with van der Waals surface area (Å²) < 4.78 is 9.79. The van der Waals surface area contributed by atoms with Crippen molar-refractivity contribution in [1.82, 2.24) is 10.6 Å². The number of aliphatic hydroxyl groups is 1. The van der Waals surface area contributed by atoms with E-state index in [2.05, 4.69) is 10.6 Å². The van der Waals surface area contributed by atoms with E-state index in [4.69, 9.17) is 14.6 Å². The highest BCUT2D eigenvalue weighted by molar-refractivity contribution is 5.72. The molecular formula is C8H16N2O5. The fourth-order valence-electron chi connectivity index (χ4n) is 0.726. The summed E-state index contributed by atoms with van der Waals surface area (Å²) in [5.74, 6) is -0.376. The lowest BCUT2D eigenvalue weighted by molar-refractivity contribution is -0.149. The Bertz CT molecular complexity index is 188. The molecule has 0 aliphatic heterocycles. The van der Waals surface area contributed by atoms with E-state index < -0.39 is 6.41 Å². The summed E-state index contributed by atoms with van der Waals surface area (Å²) in [7, 11) is 0. The Morgan fingerprint density at radius 1 is 1.47 bits per heavy atom. The molecule has 0 aromatic carbocycles. The number of aliphatic hydroxyl groups excluding tert-OH is 1. The van der Waals surface area contributed by atoms with Gasteiger partial charge in [0.2, 0.25) is 18.7 Å². The molecular weight excluding hydrogens is 204 g/mol. The first-order valence-electron chi connectivity index (χ1n) is 4.48. The van der Waals surface area contributed by atoms with Crippen molar-refractivity contribution in [3.05, 3.63) is 0 Å². The highest BCUT2D eigenvalue weighted by Gasteiger charge is 2.03. The molecule has 88 valence electrons. The molecule has 2 amide bonds. The molecule has 7 nitrogen and oxygen atoms in total. The van der Waals surface area contributed by atoms with E-state index in [1.807, 2.05) is 0 Å². The van der Waals surface area contributed by atoms with Crippen molar-refractivity contribution < 1.29 is 24.2 Å². The minimum atomic E-state index is -1.31. The Balaban J connectivity index is 3.16. The summed E-state index contributed by atoms with van der Waals surface area (Å²) in [6, 6.07) is 0. The molecule has 0 rings (SSSR count). The molecule has 15 heavy (non-hydrogen) atoms. The Kier molecular flexibility index (Phi) is 8.64. The zero-order valence-electron chi connectivity index (χ0n) is 8.56. The van der Waals surface area contributed by atoms with Crippen LogP contribution in [0, 0.1) is 0 Å². The fraction of sp³-hybridized carbons (Fsp3) is 0.750. The highest BCUT2D eigenvalue weighted by atomic mass is 16.6. The van der Waals surface area contributed by atoms with Crippen LogP contribution in [0.3, 0.4) is 0 Å². The Labute approximate surface area is 87.7 Å². The maximum absolute atomic E-state index is 10.4. The molecule has 3 N–H and O–H groups in total. The average Bonchev–Trinajstić information content (AvgIpc) is 2.15. The lowest BCUT2D eigenvalue weighted by atomic mass is 10.6. The second kappa shape index (κ2) is 9.38. The molecule has 0 heterocycles. The zero-order chi connectivity index (χ0) is 11.5. The van der Waals surface area contributed by atoms with Crippen molar-refractivity contribution >= 4 is 12.3 Å². The van der Waals surface area contributed by atoms with Gasteiger partial charge in [0.15, 0.2) is 0 Å². The molecule has 1 atom stereocenters. The lowest BCUT2D eigenvalue weighted by Gasteiger charge is -2.12. The zero-order valence-corrected chi connectivity index (χ0v) is 8.56. The summed E-state index contributed by atoms with van der Waals surface area (Å²) in [4.78, 5) is 20.3. The summed E-state index contributed by atoms with van der Waals surface area (Å²) in [5.41, 5.74) is 0. The van der Waals surface area contributed by atoms with Gasteiger partial charge in [-0.3, -0.25) is 9.59 Å². The first kappa shape index (κ1) is 13.8. The smallest absolute Gasteiger partial charge is 0.237 e. The number of carbonyl (C=O) groups excluding carboxylic acids is 2. The van der Waals surface area contributed by atoms with Gasteiger partial charge in [-0.2, -0.15) is 0 Å². The molecule has 0 fully saturated rings. The quantitative estimate of drug-likeness (QED) is 0.241. The van der Waals surface area contributed by atoms with Crippen LogP contribution in [-0.4, -0.2) is 50.2 Å². The van der Waals surface area contributed by atoms with Crippen LogP contribution in [0.25, 0.3) is 0 Å². The number of hydrogen-bond donors (Lipinski definition) is 3. The second-order valence-corrected chi connectivity index (χ2v) is 2.61. The van der Waals surface area contributed by atoms with Gasteiger partial charge in [0.1, 0.15) is 0 Å². The lowest BCUT2D eigenvalue weighted by Crippen LogP contribution is -2.35. The van der Waals surface area contributed by atoms with Gasteiger partial charge in [-0.1, -0.05) is 0 Å². The molecule has 1 unspecified atom stereocenters. The monoisotopic (exact) mass is 220 g/mol. The normalized spacial score (nSPS) is 11.9. The van der Waals surface area contributed by atoms with E-state index in [0.29, 0.717) is 19.6 Å². The largest absolute Gasteiger partial charge is 0.377 e. The summed E-state index contributed by atoms with van der Waals surface area (Å²) in [5, 5.41) is 13.5. The van der Waals surface area contributed by atoms with Gasteiger partial charge in [-0.05, 0) is 0 Å². The van der Waals surface area contributed by atoms with E-state index in [0.717, 1.165) is 0 Å². The van der Waals surface area contributed by atoms with E-state index in [9.17, 15) is 9.59 Å². The molecule has 0 radical (unpaired) electrons.